The van der Waals surface area contributed by atoms with Crippen LogP contribution in [0.1, 0.15) is 38.4 Å². The van der Waals surface area contributed by atoms with Gasteiger partial charge in [-0.2, -0.15) is 10.4 Å². The molecule has 0 atom stereocenters. The summed E-state index contributed by atoms with van der Waals surface area (Å²) in [7, 11) is 0. The molecular formula is C13H20N4. The Morgan fingerprint density at radius 1 is 1.47 bits per heavy atom. The molecule has 0 unspecified atom stereocenters. The first-order chi connectivity index (χ1) is 8.22. The van der Waals surface area contributed by atoms with Crippen molar-refractivity contribution in [3.8, 4) is 6.07 Å². The van der Waals surface area contributed by atoms with E-state index in [1.807, 2.05) is 12.3 Å². The van der Waals surface area contributed by atoms with Crippen molar-refractivity contribution < 1.29 is 0 Å². The molecule has 17 heavy (non-hydrogen) atoms. The molecule has 1 saturated heterocycles. The molecule has 1 aliphatic rings. The second kappa shape index (κ2) is 5.33. The molecule has 1 fully saturated rings. The van der Waals surface area contributed by atoms with Gasteiger partial charge in [0.05, 0.1) is 24.2 Å². The molecule has 0 amide bonds. The van der Waals surface area contributed by atoms with Crippen molar-refractivity contribution in [3.63, 3.8) is 0 Å². The standard InChI is InChI=1S/C13H20N4/c1-11(2)16-9-5-13(6-10-16)17-12(3-7-14)4-8-15-17/h4,8,11,13H,3,5-6,9-10H2,1-2H3. The Morgan fingerprint density at radius 3 is 2.76 bits per heavy atom. The van der Waals surface area contributed by atoms with Gasteiger partial charge in [0.1, 0.15) is 0 Å². The summed E-state index contributed by atoms with van der Waals surface area (Å²) in [6, 6.07) is 5.27. The topological polar surface area (TPSA) is 44.9 Å². The first-order valence-electron chi connectivity index (χ1n) is 6.35. The maximum Gasteiger partial charge on any atom is 0.0771 e. The summed E-state index contributed by atoms with van der Waals surface area (Å²) in [4.78, 5) is 2.50. The van der Waals surface area contributed by atoms with Gasteiger partial charge in [0, 0.05) is 25.3 Å². The van der Waals surface area contributed by atoms with Crippen molar-refractivity contribution in [1.29, 1.82) is 5.26 Å². The molecule has 4 nitrogen and oxygen atoms in total. The molecular weight excluding hydrogens is 212 g/mol. The van der Waals surface area contributed by atoms with Crippen LogP contribution in [0.5, 0.6) is 0 Å². The van der Waals surface area contributed by atoms with Gasteiger partial charge in [-0.15, -0.1) is 0 Å². The third-order valence-corrected chi connectivity index (χ3v) is 3.59. The van der Waals surface area contributed by atoms with Crippen molar-refractivity contribution >= 4 is 0 Å². The van der Waals surface area contributed by atoms with Crippen LogP contribution in [0, 0.1) is 11.3 Å². The Labute approximate surface area is 103 Å². The zero-order valence-corrected chi connectivity index (χ0v) is 10.6. The van der Waals surface area contributed by atoms with Crippen LogP contribution in [0.25, 0.3) is 0 Å². The normalized spacial score (nSPS) is 18.5. The van der Waals surface area contributed by atoms with E-state index in [1.54, 1.807) is 0 Å². The molecule has 1 aliphatic heterocycles. The van der Waals surface area contributed by atoms with Gasteiger partial charge in [0.2, 0.25) is 0 Å². The monoisotopic (exact) mass is 232 g/mol. The third-order valence-electron chi connectivity index (χ3n) is 3.59. The summed E-state index contributed by atoms with van der Waals surface area (Å²) in [5.74, 6) is 0. The van der Waals surface area contributed by atoms with Crippen LogP contribution >= 0.6 is 0 Å². The summed E-state index contributed by atoms with van der Waals surface area (Å²) >= 11 is 0. The van der Waals surface area contributed by atoms with Gasteiger partial charge in [0.15, 0.2) is 0 Å². The van der Waals surface area contributed by atoms with Crippen LogP contribution in [-0.4, -0.2) is 33.8 Å². The Kier molecular flexibility index (Phi) is 3.80. The highest BCUT2D eigenvalue weighted by atomic mass is 15.3. The van der Waals surface area contributed by atoms with Crippen molar-refractivity contribution in [2.45, 2.75) is 45.2 Å². The molecule has 4 heteroatoms. The molecule has 1 aromatic heterocycles. The average Bonchev–Trinajstić information content (AvgIpc) is 2.78. The molecule has 0 saturated carbocycles. The number of piperidine rings is 1. The summed E-state index contributed by atoms with van der Waals surface area (Å²) in [6.45, 7) is 6.76. The van der Waals surface area contributed by atoms with Gasteiger partial charge >= 0.3 is 0 Å². The van der Waals surface area contributed by atoms with E-state index in [9.17, 15) is 0 Å². The molecule has 0 radical (unpaired) electrons. The number of aromatic nitrogens is 2. The Balaban J connectivity index is 2.01. The Morgan fingerprint density at radius 2 is 2.18 bits per heavy atom. The SMILES string of the molecule is CC(C)N1CCC(n2nccc2CC#N)CC1. The number of hydrogen-bond acceptors (Lipinski definition) is 3. The van der Waals surface area contributed by atoms with E-state index in [-0.39, 0.29) is 0 Å². The minimum Gasteiger partial charge on any atom is -0.301 e. The number of rotatable bonds is 3. The van der Waals surface area contributed by atoms with Gasteiger partial charge < -0.3 is 4.90 Å². The van der Waals surface area contributed by atoms with Crippen molar-refractivity contribution in [1.82, 2.24) is 14.7 Å². The molecule has 0 bridgehead atoms. The van der Waals surface area contributed by atoms with E-state index in [2.05, 4.69) is 34.6 Å². The lowest BCUT2D eigenvalue weighted by Gasteiger charge is -2.35. The van der Waals surface area contributed by atoms with Gasteiger partial charge in [-0.3, -0.25) is 4.68 Å². The molecule has 1 aromatic rings. The molecule has 92 valence electrons. The lowest BCUT2D eigenvalue weighted by molar-refractivity contribution is 0.146. The van der Waals surface area contributed by atoms with Gasteiger partial charge in [-0.1, -0.05) is 0 Å². The van der Waals surface area contributed by atoms with E-state index >= 15 is 0 Å². The highest BCUT2D eigenvalue weighted by Gasteiger charge is 2.23. The first-order valence-corrected chi connectivity index (χ1v) is 6.35. The highest BCUT2D eigenvalue weighted by Crippen LogP contribution is 2.24. The van der Waals surface area contributed by atoms with Crippen LogP contribution in [0.15, 0.2) is 12.3 Å². The average molecular weight is 232 g/mol. The second-order valence-electron chi connectivity index (χ2n) is 4.96. The van der Waals surface area contributed by atoms with Crippen molar-refractivity contribution in [2.75, 3.05) is 13.1 Å². The summed E-state index contributed by atoms with van der Waals surface area (Å²) in [5, 5.41) is 13.2. The van der Waals surface area contributed by atoms with Crippen LogP contribution < -0.4 is 0 Å². The zero-order valence-electron chi connectivity index (χ0n) is 10.6. The quantitative estimate of drug-likeness (QED) is 0.800. The van der Waals surface area contributed by atoms with Gasteiger partial charge in [0.25, 0.3) is 0 Å². The van der Waals surface area contributed by atoms with Crippen LogP contribution in [0.3, 0.4) is 0 Å². The molecule has 0 spiro atoms. The Hall–Kier alpha value is -1.34. The molecule has 2 rings (SSSR count). The van der Waals surface area contributed by atoms with E-state index in [1.165, 1.54) is 0 Å². The predicted molar refractivity (Wildman–Crippen MR) is 66.5 cm³/mol. The maximum absolute atomic E-state index is 8.78. The lowest BCUT2D eigenvalue weighted by Crippen LogP contribution is -2.39. The van der Waals surface area contributed by atoms with Gasteiger partial charge in [-0.05, 0) is 32.8 Å². The van der Waals surface area contributed by atoms with Crippen molar-refractivity contribution in [2.24, 2.45) is 0 Å². The highest BCUT2D eigenvalue weighted by molar-refractivity contribution is 5.07. The smallest absolute Gasteiger partial charge is 0.0771 e. The van der Waals surface area contributed by atoms with Gasteiger partial charge in [-0.25, -0.2) is 0 Å². The van der Waals surface area contributed by atoms with E-state index < -0.39 is 0 Å². The van der Waals surface area contributed by atoms with E-state index in [0.29, 0.717) is 18.5 Å². The number of likely N-dealkylation sites (tertiary alicyclic amines) is 1. The molecule has 2 heterocycles. The fourth-order valence-electron chi connectivity index (χ4n) is 2.54. The number of nitrogens with zero attached hydrogens (tertiary/aromatic N) is 4. The number of hydrogen-bond donors (Lipinski definition) is 0. The molecule has 0 aromatic carbocycles. The summed E-state index contributed by atoms with van der Waals surface area (Å²) in [6.07, 6.45) is 4.54. The lowest BCUT2D eigenvalue weighted by atomic mass is 10.0. The summed E-state index contributed by atoms with van der Waals surface area (Å²) < 4.78 is 2.06. The number of nitriles is 1. The predicted octanol–water partition coefficient (Wildman–Crippen LogP) is 1.99. The van der Waals surface area contributed by atoms with Crippen LogP contribution in [0.2, 0.25) is 0 Å². The van der Waals surface area contributed by atoms with Crippen LogP contribution in [0.4, 0.5) is 0 Å². The first kappa shape index (κ1) is 12.1. The zero-order chi connectivity index (χ0) is 12.3. The second-order valence-corrected chi connectivity index (χ2v) is 4.96. The molecule has 0 N–H and O–H groups in total. The van der Waals surface area contributed by atoms with Crippen LogP contribution in [-0.2, 0) is 6.42 Å². The molecule has 0 aliphatic carbocycles. The van der Waals surface area contributed by atoms with E-state index in [0.717, 1.165) is 31.6 Å². The third kappa shape index (κ3) is 2.67. The maximum atomic E-state index is 8.78. The largest absolute Gasteiger partial charge is 0.301 e. The fraction of sp³-hybridized carbons (Fsp3) is 0.692. The fourth-order valence-corrected chi connectivity index (χ4v) is 2.54. The minimum absolute atomic E-state index is 0.463. The van der Waals surface area contributed by atoms with E-state index in [4.69, 9.17) is 5.26 Å². The van der Waals surface area contributed by atoms with Crippen molar-refractivity contribution in [3.05, 3.63) is 18.0 Å². The Bertz CT molecular complexity index is 394. The summed E-state index contributed by atoms with van der Waals surface area (Å²) in [5.41, 5.74) is 1.05. The minimum atomic E-state index is 0.463.